The van der Waals surface area contributed by atoms with Crippen molar-refractivity contribution in [2.45, 2.75) is 19.1 Å². The van der Waals surface area contributed by atoms with Crippen LogP contribution in [0, 0.1) is 11.3 Å². The number of para-hydroxylation sites is 2. The average Bonchev–Trinajstić information content (AvgIpc) is 3.01. The molecule has 0 aliphatic rings. The van der Waals surface area contributed by atoms with Crippen LogP contribution in [0.4, 0.5) is 0 Å². The van der Waals surface area contributed by atoms with Gasteiger partial charge in [0.15, 0.2) is 0 Å². The van der Waals surface area contributed by atoms with Crippen molar-refractivity contribution in [3.05, 3.63) is 54.5 Å². The number of hydrogen-bond donors (Lipinski definition) is 1. The second-order valence-corrected chi connectivity index (χ2v) is 5.15. The highest BCUT2D eigenvalue weighted by Gasteiger charge is 2.10. The molecule has 23 heavy (non-hydrogen) atoms. The fraction of sp³-hybridized carbons (Fsp3) is 0.235. The van der Waals surface area contributed by atoms with Gasteiger partial charge in [0.05, 0.1) is 23.5 Å². The van der Waals surface area contributed by atoms with Crippen LogP contribution in [0.5, 0.6) is 5.88 Å². The molecule has 1 atom stereocenters. The van der Waals surface area contributed by atoms with Crippen molar-refractivity contribution in [1.29, 1.82) is 5.26 Å². The largest absolute Gasteiger partial charge is 0.474 e. The summed E-state index contributed by atoms with van der Waals surface area (Å²) in [4.78, 5) is 8.32. The molecule has 0 fully saturated rings. The van der Waals surface area contributed by atoms with Crippen molar-refractivity contribution in [3.8, 4) is 11.9 Å². The minimum absolute atomic E-state index is 0.0956. The summed E-state index contributed by atoms with van der Waals surface area (Å²) in [5.41, 5.74) is 2.34. The molecular weight excluding hydrogens is 292 g/mol. The van der Waals surface area contributed by atoms with E-state index in [4.69, 9.17) is 10.00 Å². The number of aliphatic hydroxyl groups excluding tert-OH is 1. The lowest BCUT2D eigenvalue weighted by Crippen LogP contribution is -2.20. The monoisotopic (exact) mass is 308 g/mol. The van der Waals surface area contributed by atoms with Gasteiger partial charge >= 0.3 is 0 Å². The Labute approximate surface area is 133 Å². The Morgan fingerprint density at radius 1 is 1.22 bits per heavy atom. The lowest BCUT2D eigenvalue weighted by atomic mass is 10.2. The Morgan fingerprint density at radius 2 is 2.09 bits per heavy atom. The number of rotatable bonds is 6. The van der Waals surface area contributed by atoms with Gasteiger partial charge in [-0.3, -0.25) is 0 Å². The molecule has 6 heteroatoms. The van der Waals surface area contributed by atoms with Crippen LogP contribution in [-0.2, 0) is 6.54 Å². The number of imidazole rings is 1. The zero-order valence-corrected chi connectivity index (χ0v) is 12.5. The van der Waals surface area contributed by atoms with Crippen molar-refractivity contribution in [2.24, 2.45) is 0 Å². The number of hydrogen-bond acceptors (Lipinski definition) is 5. The van der Waals surface area contributed by atoms with Gasteiger partial charge in [-0.15, -0.1) is 0 Å². The van der Waals surface area contributed by atoms with Crippen molar-refractivity contribution in [3.63, 3.8) is 0 Å². The van der Waals surface area contributed by atoms with Crippen molar-refractivity contribution in [1.82, 2.24) is 14.5 Å². The summed E-state index contributed by atoms with van der Waals surface area (Å²) in [6.07, 6.45) is 3.20. The second kappa shape index (κ2) is 6.90. The van der Waals surface area contributed by atoms with Gasteiger partial charge in [0, 0.05) is 12.7 Å². The minimum Gasteiger partial charge on any atom is -0.474 e. The molecule has 0 aliphatic heterocycles. The van der Waals surface area contributed by atoms with E-state index in [1.165, 1.54) is 0 Å². The van der Waals surface area contributed by atoms with Crippen molar-refractivity contribution >= 4 is 11.0 Å². The Kier molecular flexibility index (Phi) is 4.50. The molecule has 6 nitrogen and oxygen atoms in total. The Balaban J connectivity index is 1.56. The average molecular weight is 308 g/mol. The predicted octanol–water partition coefficient (Wildman–Crippen LogP) is 2.13. The predicted molar refractivity (Wildman–Crippen MR) is 84.8 cm³/mol. The molecule has 0 bridgehead atoms. The van der Waals surface area contributed by atoms with Crippen LogP contribution >= 0.6 is 0 Å². The Morgan fingerprint density at radius 3 is 2.96 bits per heavy atom. The van der Waals surface area contributed by atoms with Crippen molar-refractivity contribution < 1.29 is 9.84 Å². The molecule has 0 aliphatic carbocycles. The standard InChI is InChI=1S/C17H16N4O2/c18-10-13-4-3-8-19-17(13)23-11-14(22)7-9-21-12-20-15-5-1-2-6-16(15)21/h1-6,8,12,14,22H,7,9,11H2. The normalized spacial score (nSPS) is 12.0. The van der Waals surface area contributed by atoms with E-state index in [-0.39, 0.29) is 12.5 Å². The Bertz CT molecular complexity index is 838. The molecule has 116 valence electrons. The third-order valence-corrected chi connectivity index (χ3v) is 3.53. The van der Waals surface area contributed by atoms with E-state index in [2.05, 4.69) is 9.97 Å². The zero-order valence-electron chi connectivity index (χ0n) is 12.5. The number of aromatic nitrogens is 3. The highest BCUT2D eigenvalue weighted by molar-refractivity contribution is 5.74. The number of benzene rings is 1. The van der Waals surface area contributed by atoms with Crippen LogP contribution in [-0.4, -0.2) is 32.4 Å². The SMILES string of the molecule is N#Cc1cccnc1OCC(O)CCn1cnc2ccccc21. The fourth-order valence-corrected chi connectivity index (χ4v) is 2.33. The first-order valence-electron chi connectivity index (χ1n) is 7.34. The maximum absolute atomic E-state index is 10.1. The molecule has 3 rings (SSSR count). The summed E-state index contributed by atoms with van der Waals surface area (Å²) in [6.45, 7) is 0.733. The van der Waals surface area contributed by atoms with Gasteiger partial charge in [0.2, 0.25) is 5.88 Å². The first-order chi connectivity index (χ1) is 11.3. The van der Waals surface area contributed by atoms with Gasteiger partial charge in [-0.25, -0.2) is 9.97 Å². The lowest BCUT2D eigenvalue weighted by Gasteiger charge is -2.13. The molecule has 1 aromatic carbocycles. The quantitative estimate of drug-likeness (QED) is 0.754. The van der Waals surface area contributed by atoms with Gasteiger partial charge in [0.25, 0.3) is 0 Å². The van der Waals surface area contributed by atoms with Crippen molar-refractivity contribution in [2.75, 3.05) is 6.61 Å². The maximum Gasteiger partial charge on any atom is 0.231 e. The summed E-state index contributed by atoms with van der Waals surface area (Å²) in [6, 6.07) is 13.2. The topological polar surface area (TPSA) is 84.0 Å². The van der Waals surface area contributed by atoms with E-state index in [0.29, 0.717) is 18.5 Å². The van der Waals surface area contributed by atoms with E-state index in [9.17, 15) is 5.11 Å². The van der Waals surface area contributed by atoms with Gasteiger partial charge in [-0.1, -0.05) is 12.1 Å². The van der Waals surface area contributed by atoms with Crippen LogP contribution < -0.4 is 4.74 Å². The molecule has 1 N–H and O–H groups in total. The lowest BCUT2D eigenvalue weighted by molar-refractivity contribution is 0.0938. The summed E-state index contributed by atoms with van der Waals surface area (Å²) in [5.74, 6) is 0.252. The number of fused-ring (bicyclic) bond motifs is 1. The fourth-order valence-electron chi connectivity index (χ4n) is 2.33. The highest BCUT2D eigenvalue weighted by Crippen LogP contribution is 2.15. The molecule has 1 unspecified atom stereocenters. The van der Waals surface area contributed by atoms with Crippen LogP contribution in [0.2, 0.25) is 0 Å². The molecule has 2 aromatic heterocycles. The summed E-state index contributed by atoms with van der Waals surface area (Å²) >= 11 is 0. The van der Waals surface area contributed by atoms with Gasteiger partial charge < -0.3 is 14.4 Å². The van der Waals surface area contributed by atoms with Gasteiger partial charge in [0.1, 0.15) is 18.2 Å². The maximum atomic E-state index is 10.1. The minimum atomic E-state index is -0.648. The summed E-state index contributed by atoms with van der Waals surface area (Å²) < 4.78 is 7.44. The highest BCUT2D eigenvalue weighted by atomic mass is 16.5. The Hall–Kier alpha value is -2.91. The van der Waals surface area contributed by atoms with E-state index < -0.39 is 6.10 Å². The molecule has 0 spiro atoms. The van der Waals surface area contributed by atoms with Crippen LogP contribution in [0.1, 0.15) is 12.0 Å². The number of ether oxygens (including phenoxy) is 1. The number of nitriles is 1. The smallest absolute Gasteiger partial charge is 0.231 e. The van der Waals surface area contributed by atoms with Crippen LogP contribution in [0.25, 0.3) is 11.0 Å². The summed E-state index contributed by atoms with van der Waals surface area (Å²) in [5, 5.41) is 19.0. The zero-order chi connectivity index (χ0) is 16.1. The van der Waals surface area contributed by atoms with E-state index in [1.54, 1.807) is 24.7 Å². The molecular formula is C17H16N4O2. The second-order valence-electron chi connectivity index (χ2n) is 5.15. The van der Waals surface area contributed by atoms with E-state index in [0.717, 1.165) is 11.0 Å². The first kappa shape index (κ1) is 15.0. The third-order valence-electron chi connectivity index (χ3n) is 3.53. The van der Waals surface area contributed by atoms with Crippen LogP contribution in [0.3, 0.4) is 0 Å². The van der Waals surface area contributed by atoms with E-state index >= 15 is 0 Å². The molecule has 0 saturated carbocycles. The third kappa shape index (κ3) is 3.47. The molecule has 0 amide bonds. The number of pyridine rings is 1. The number of aliphatic hydroxyl groups is 1. The number of aryl methyl sites for hydroxylation is 1. The van der Waals surface area contributed by atoms with E-state index in [1.807, 2.05) is 34.9 Å². The first-order valence-corrected chi connectivity index (χ1v) is 7.34. The van der Waals surface area contributed by atoms with Gasteiger partial charge in [-0.05, 0) is 30.7 Å². The number of nitrogens with zero attached hydrogens (tertiary/aromatic N) is 4. The van der Waals surface area contributed by atoms with Gasteiger partial charge in [-0.2, -0.15) is 5.26 Å². The molecule has 2 heterocycles. The molecule has 3 aromatic rings. The molecule has 0 saturated heterocycles. The molecule has 0 radical (unpaired) electrons. The summed E-state index contributed by atoms with van der Waals surface area (Å²) in [7, 11) is 0. The van der Waals surface area contributed by atoms with Crippen LogP contribution in [0.15, 0.2) is 48.9 Å².